The molecule has 0 aromatic rings. The van der Waals surface area contributed by atoms with Crippen molar-refractivity contribution in [1.82, 2.24) is 5.32 Å². The van der Waals surface area contributed by atoms with Crippen molar-refractivity contribution >= 4 is 13.7 Å². The summed E-state index contributed by atoms with van der Waals surface area (Å²) in [5.74, 6) is -0.203. The van der Waals surface area contributed by atoms with Crippen molar-refractivity contribution in [3.05, 3.63) is 48.6 Å². The van der Waals surface area contributed by atoms with Gasteiger partial charge in [0.2, 0.25) is 5.91 Å². The van der Waals surface area contributed by atoms with Crippen LogP contribution >= 0.6 is 7.82 Å². The third-order valence-corrected chi connectivity index (χ3v) is 10.7. The molecule has 0 aliphatic carbocycles. The predicted octanol–water partition coefficient (Wildman–Crippen LogP) is 12.5. The largest absolute Gasteiger partial charge is 0.472 e. The first kappa shape index (κ1) is 53.5. The number of unbranched alkanes of at least 4 members (excludes halogenated alkanes) is 21. The Labute approximate surface area is 339 Å². The molecule has 0 bridgehead atoms. The van der Waals surface area contributed by atoms with Crippen LogP contribution in [0.25, 0.3) is 0 Å². The molecule has 3 unspecified atom stereocenters. The van der Waals surface area contributed by atoms with Gasteiger partial charge in [-0.1, -0.05) is 159 Å². The molecule has 0 radical (unpaired) electrons. The topological polar surface area (TPSA) is 105 Å². The second-order valence-electron chi connectivity index (χ2n) is 16.4. The lowest BCUT2D eigenvalue weighted by Crippen LogP contribution is -2.45. The van der Waals surface area contributed by atoms with Gasteiger partial charge in [-0.2, -0.15) is 0 Å². The number of phosphoric ester groups is 1. The number of aliphatic hydroxyl groups is 1. The van der Waals surface area contributed by atoms with Gasteiger partial charge in [-0.3, -0.25) is 13.8 Å². The summed E-state index contributed by atoms with van der Waals surface area (Å²) in [7, 11) is 1.54. The minimum absolute atomic E-state index is 0.0508. The fourth-order valence-corrected chi connectivity index (χ4v) is 6.86. The van der Waals surface area contributed by atoms with E-state index < -0.39 is 20.0 Å². The Morgan fingerprint density at radius 2 is 1.00 bits per heavy atom. The van der Waals surface area contributed by atoms with Crippen LogP contribution in [0.5, 0.6) is 0 Å². The first-order valence-electron chi connectivity index (χ1n) is 22.5. The van der Waals surface area contributed by atoms with E-state index in [2.05, 4.69) is 55.6 Å². The van der Waals surface area contributed by atoms with E-state index in [1.165, 1.54) is 109 Å². The maximum Gasteiger partial charge on any atom is 0.472 e. The number of phosphoric acid groups is 1. The highest BCUT2D eigenvalue weighted by Crippen LogP contribution is 2.43. The van der Waals surface area contributed by atoms with Crippen LogP contribution in [0.3, 0.4) is 0 Å². The zero-order chi connectivity index (χ0) is 40.7. The van der Waals surface area contributed by atoms with E-state index in [4.69, 9.17) is 9.05 Å². The van der Waals surface area contributed by atoms with Crippen LogP contribution < -0.4 is 5.32 Å². The Morgan fingerprint density at radius 3 is 1.49 bits per heavy atom. The molecule has 1 amide bonds. The number of nitrogens with one attached hydrogen (secondary N) is 1. The second kappa shape index (κ2) is 38.0. The van der Waals surface area contributed by atoms with E-state index in [1.54, 1.807) is 6.08 Å². The molecule has 9 heteroatoms. The Bertz CT molecular complexity index is 1040. The molecule has 0 aromatic carbocycles. The zero-order valence-corrected chi connectivity index (χ0v) is 37.3. The molecule has 3 atom stereocenters. The fraction of sp³-hybridized carbons (Fsp3) is 0.804. The molecule has 55 heavy (non-hydrogen) atoms. The van der Waals surface area contributed by atoms with Gasteiger partial charge in [0.15, 0.2) is 0 Å². The third kappa shape index (κ3) is 40.5. The van der Waals surface area contributed by atoms with Gasteiger partial charge in [-0.15, -0.1) is 0 Å². The van der Waals surface area contributed by atoms with E-state index in [-0.39, 0.29) is 19.1 Å². The normalized spacial score (nSPS) is 14.8. The van der Waals surface area contributed by atoms with Crippen LogP contribution in [0.2, 0.25) is 0 Å². The standard InChI is InChI=1S/C46H87N2O6P/c1-6-8-10-12-14-16-18-20-21-22-23-24-25-26-27-28-29-31-33-35-37-39-45(49)44(43-54-55(51,52)53-42-41-48(3,4)5)47-46(50)40-38-36-34-32-30-19-17-15-13-11-9-7-2/h15,17,25-26,29,31,37,39,44-45,49H,6-14,16,18-24,27-28,30,32-36,38,40-43H2,1-5H3,(H-,47,50,51,52)/p+1/b17-15-,26-25+,31-29+,39-37+. The monoisotopic (exact) mass is 796 g/mol. The van der Waals surface area contributed by atoms with Gasteiger partial charge in [0.1, 0.15) is 13.2 Å². The van der Waals surface area contributed by atoms with Gasteiger partial charge in [0, 0.05) is 6.42 Å². The molecule has 0 heterocycles. The van der Waals surface area contributed by atoms with Gasteiger partial charge >= 0.3 is 7.82 Å². The van der Waals surface area contributed by atoms with Crippen molar-refractivity contribution in [1.29, 1.82) is 0 Å². The highest BCUT2D eigenvalue weighted by molar-refractivity contribution is 7.47. The van der Waals surface area contributed by atoms with Crippen molar-refractivity contribution in [3.8, 4) is 0 Å². The van der Waals surface area contributed by atoms with E-state index in [1.807, 2.05) is 27.2 Å². The lowest BCUT2D eigenvalue weighted by Gasteiger charge is -2.25. The van der Waals surface area contributed by atoms with Crippen LogP contribution in [0.1, 0.15) is 187 Å². The van der Waals surface area contributed by atoms with E-state index in [0.717, 1.165) is 57.8 Å². The molecule has 0 aromatic heterocycles. The summed E-state index contributed by atoms with van der Waals surface area (Å²) in [5.41, 5.74) is 0. The molecule has 0 saturated heterocycles. The summed E-state index contributed by atoms with van der Waals surface area (Å²) in [6, 6.07) is -0.872. The SMILES string of the molecule is CCCCC/C=C\CCCCCCCC(=O)NC(COP(=O)(O)OCC[N+](C)(C)C)C(O)/C=C/CC/C=C/CC/C=C/CCCCCCCCCCCCC. The first-order chi connectivity index (χ1) is 26.5. The molecule has 0 aliphatic heterocycles. The number of aliphatic hydroxyl groups excluding tert-OH is 1. The van der Waals surface area contributed by atoms with E-state index in [9.17, 15) is 19.4 Å². The summed E-state index contributed by atoms with van der Waals surface area (Å²) >= 11 is 0. The van der Waals surface area contributed by atoms with E-state index >= 15 is 0 Å². The zero-order valence-electron chi connectivity index (χ0n) is 36.4. The number of carbonyl (C=O) groups is 1. The van der Waals surface area contributed by atoms with Crippen LogP contribution in [0.15, 0.2) is 48.6 Å². The smallest absolute Gasteiger partial charge is 0.387 e. The maximum absolute atomic E-state index is 12.8. The van der Waals surface area contributed by atoms with Crippen LogP contribution in [0.4, 0.5) is 0 Å². The number of hydrogen-bond donors (Lipinski definition) is 3. The molecule has 0 saturated carbocycles. The lowest BCUT2D eigenvalue weighted by atomic mass is 10.1. The highest BCUT2D eigenvalue weighted by atomic mass is 31.2. The van der Waals surface area contributed by atoms with Crippen molar-refractivity contribution in [2.45, 2.75) is 199 Å². The van der Waals surface area contributed by atoms with Crippen molar-refractivity contribution in [3.63, 3.8) is 0 Å². The summed E-state index contributed by atoms with van der Waals surface area (Å²) in [4.78, 5) is 23.1. The summed E-state index contributed by atoms with van der Waals surface area (Å²) in [6.45, 7) is 4.74. The Balaban J connectivity index is 4.48. The van der Waals surface area contributed by atoms with E-state index in [0.29, 0.717) is 17.4 Å². The Kier molecular flexibility index (Phi) is 36.9. The molecule has 0 rings (SSSR count). The number of nitrogens with zero attached hydrogens (tertiary/aromatic N) is 1. The average Bonchev–Trinajstić information content (AvgIpc) is 3.13. The number of rotatable bonds is 40. The van der Waals surface area contributed by atoms with Gasteiger partial charge in [0.25, 0.3) is 0 Å². The van der Waals surface area contributed by atoms with Crippen LogP contribution in [0, 0.1) is 0 Å². The van der Waals surface area contributed by atoms with Crippen molar-refractivity contribution in [2.24, 2.45) is 0 Å². The summed E-state index contributed by atoms with van der Waals surface area (Å²) in [5, 5.41) is 13.8. The number of likely N-dealkylation sites (N-methyl/N-ethyl adjacent to an activating group) is 1. The molecule has 0 fully saturated rings. The highest BCUT2D eigenvalue weighted by Gasteiger charge is 2.27. The van der Waals surface area contributed by atoms with Gasteiger partial charge in [-0.05, 0) is 70.6 Å². The van der Waals surface area contributed by atoms with Crippen molar-refractivity contribution in [2.75, 3.05) is 40.9 Å². The van der Waals surface area contributed by atoms with Gasteiger partial charge in [0.05, 0.1) is 39.9 Å². The fourth-order valence-electron chi connectivity index (χ4n) is 6.12. The van der Waals surface area contributed by atoms with Gasteiger partial charge in [-0.25, -0.2) is 4.57 Å². The first-order valence-corrected chi connectivity index (χ1v) is 24.0. The van der Waals surface area contributed by atoms with Gasteiger partial charge < -0.3 is 19.8 Å². The second-order valence-corrected chi connectivity index (χ2v) is 17.9. The number of quaternary nitrogens is 1. The summed E-state index contributed by atoms with van der Waals surface area (Å²) < 4.78 is 23.5. The average molecular weight is 796 g/mol. The number of hydrogen-bond acceptors (Lipinski definition) is 5. The van der Waals surface area contributed by atoms with Crippen LogP contribution in [-0.2, 0) is 18.4 Å². The quantitative estimate of drug-likeness (QED) is 0.0247. The minimum atomic E-state index is -4.35. The summed E-state index contributed by atoms with van der Waals surface area (Å²) in [6.07, 6.45) is 47.6. The third-order valence-electron chi connectivity index (χ3n) is 9.75. The molecule has 0 spiro atoms. The Hall–Kier alpha value is -1.54. The van der Waals surface area contributed by atoms with Crippen LogP contribution in [-0.4, -0.2) is 73.4 Å². The minimum Gasteiger partial charge on any atom is -0.387 e. The molecule has 3 N–H and O–H groups in total. The number of amides is 1. The Morgan fingerprint density at radius 1 is 0.600 bits per heavy atom. The lowest BCUT2D eigenvalue weighted by molar-refractivity contribution is -0.870. The molecule has 0 aliphatic rings. The molecular formula is C46H88N2O6P+. The number of allylic oxidation sites excluding steroid dienone is 7. The molecular weight excluding hydrogens is 707 g/mol. The molecule has 8 nitrogen and oxygen atoms in total. The molecule has 322 valence electrons. The van der Waals surface area contributed by atoms with Crippen molar-refractivity contribution < 1.29 is 32.9 Å². The number of carbonyl (C=O) groups excluding carboxylic acids is 1. The maximum atomic E-state index is 12.8. The predicted molar refractivity (Wildman–Crippen MR) is 235 cm³/mol.